The van der Waals surface area contributed by atoms with E-state index in [0.29, 0.717) is 151 Å². The van der Waals surface area contributed by atoms with E-state index in [9.17, 15) is 34.8 Å². The average molecular weight is 959 g/mol. The topological polar surface area (TPSA) is 305 Å². The van der Waals surface area contributed by atoms with Gasteiger partial charge in [0.15, 0.2) is 0 Å². The van der Waals surface area contributed by atoms with Crippen LogP contribution in [0.25, 0.3) is 0 Å². The van der Waals surface area contributed by atoms with Crippen molar-refractivity contribution in [2.75, 3.05) is 165 Å². The normalized spacial score (nSPS) is 21.4. The largest absolute Gasteiger partial charge is 0.390 e. The summed E-state index contributed by atoms with van der Waals surface area (Å²) < 4.78 is 66.0. The summed E-state index contributed by atoms with van der Waals surface area (Å²) in [6.07, 6.45) is -0.752. The van der Waals surface area contributed by atoms with Crippen molar-refractivity contribution in [2.24, 2.45) is 5.73 Å². The van der Waals surface area contributed by atoms with Gasteiger partial charge in [-0.15, -0.1) is 0 Å². The zero-order valence-corrected chi connectivity index (χ0v) is 38.9. The molecule has 2 fully saturated rings. The van der Waals surface area contributed by atoms with Gasteiger partial charge in [0.2, 0.25) is 17.7 Å². The number of aliphatic hydroxyl groups excluding tert-OH is 4. The summed E-state index contributed by atoms with van der Waals surface area (Å²) >= 11 is 0. The van der Waals surface area contributed by atoms with Crippen LogP contribution in [0, 0.1) is 0 Å². The number of rotatable bonds is 44. The van der Waals surface area contributed by atoms with Gasteiger partial charge < -0.3 is 99.0 Å². The molecule has 2 heterocycles. The summed E-state index contributed by atoms with van der Waals surface area (Å²) in [7, 11) is 0. The Morgan fingerprint density at radius 3 is 1.29 bits per heavy atom. The summed E-state index contributed by atoms with van der Waals surface area (Å²) in [6.45, 7) is 7.88. The van der Waals surface area contributed by atoms with Crippen molar-refractivity contribution in [3.63, 3.8) is 0 Å². The van der Waals surface area contributed by atoms with E-state index in [0.717, 1.165) is 12.8 Å². The number of hydrogen-bond acceptors (Lipinski definition) is 20. The first-order valence-electron chi connectivity index (χ1n) is 23.5. The fourth-order valence-electron chi connectivity index (χ4n) is 6.25. The number of aliphatic hydroxyl groups is 4. The first-order valence-corrected chi connectivity index (χ1v) is 23.5. The molecular weight excluding hydrogens is 876 g/mol. The third-order valence-electron chi connectivity index (χ3n) is 10.0. The molecule has 2 aliphatic rings. The number of amides is 3. The molecule has 388 valence electrons. The minimum absolute atomic E-state index is 0.121. The third kappa shape index (κ3) is 32.5. The molecule has 0 spiro atoms. The number of carbonyl (C=O) groups is 3. The van der Waals surface area contributed by atoms with Crippen LogP contribution < -0.4 is 21.7 Å². The number of ether oxygens (including phenoxy) is 12. The van der Waals surface area contributed by atoms with Crippen LogP contribution in [0.1, 0.15) is 51.4 Å². The van der Waals surface area contributed by atoms with E-state index in [1.165, 1.54) is 0 Å². The van der Waals surface area contributed by atoms with E-state index in [2.05, 4.69) is 16.0 Å². The molecule has 23 heteroatoms. The van der Waals surface area contributed by atoms with Crippen LogP contribution >= 0.6 is 0 Å². The molecule has 0 bridgehead atoms. The molecule has 6 atom stereocenters. The molecular formula is C43H82N4O19. The molecule has 0 aromatic carbocycles. The molecule has 66 heavy (non-hydrogen) atoms. The Balaban J connectivity index is 1.41. The number of unbranched alkanes of at least 4 members (excludes halogenated alkanes) is 2. The number of nitrogens with two attached hydrogens (primary N) is 1. The highest BCUT2D eigenvalue weighted by Gasteiger charge is 2.32. The van der Waals surface area contributed by atoms with Crippen LogP contribution in [0.4, 0.5) is 0 Å². The Bertz CT molecular complexity index is 1110. The van der Waals surface area contributed by atoms with Gasteiger partial charge in [0.05, 0.1) is 150 Å². The van der Waals surface area contributed by atoms with E-state index >= 15 is 0 Å². The van der Waals surface area contributed by atoms with Gasteiger partial charge in [-0.3, -0.25) is 14.4 Å². The Labute approximate surface area is 389 Å². The number of carbonyl (C=O) groups excluding carboxylic acids is 3. The molecule has 0 radical (unpaired) electrons. The maximum absolute atomic E-state index is 12.5. The van der Waals surface area contributed by atoms with Crippen LogP contribution in [0.15, 0.2) is 0 Å². The second kappa shape index (κ2) is 41.7. The Kier molecular flexibility index (Phi) is 37.8. The maximum atomic E-state index is 12.5. The smallest absolute Gasteiger partial charge is 0.222 e. The Morgan fingerprint density at radius 2 is 0.879 bits per heavy atom. The molecule has 0 saturated carbocycles. The zero-order chi connectivity index (χ0) is 47.7. The van der Waals surface area contributed by atoms with Gasteiger partial charge in [0.1, 0.15) is 24.4 Å². The molecule has 0 aromatic heterocycles. The molecule has 9 N–H and O–H groups in total. The predicted octanol–water partition coefficient (Wildman–Crippen LogP) is -2.81. The van der Waals surface area contributed by atoms with Crippen molar-refractivity contribution in [1.82, 2.24) is 16.0 Å². The van der Waals surface area contributed by atoms with E-state index in [-0.39, 0.29) is 70.2 Å². The second-order valence-corrected chi connectivity index (χ2v) is 15.5. The first-order chi connectivity index (χ1) is 32.2. The lowest BCUT2D eigenvalue weighted by atomic mass is 10.0. The van der Waals surface area contributed by atoms with Crippen molar-refractivity contribution in [2.45, 2.75) is 94.0 Å². The molecule has 3 amide bonds. The van der Waals surface area contributed by atoms with Crippen LogP contribution in [-0.4, -0.2) is 246 Å². The summed E-state index contributed by atoms with van der Waals surface area (Å²) in [6, 6.07) is -0.469. The van der Waals surface area contributed by atoms with Crippen molar-refractivity contribution in [3.05, 3.63) is 0 Å². The van der Waals surface area contributed by atoms with Crippen LogP contribution in [0.2, 0.25) is 0 Å². The van der Waals surface area contributed by atoms with Gasteiger partial charge >= 0.3 is 0 Å². The quantitative estimate of drug-likeness (QED) is 0.0286. The first kappa shape index (κ1) is 59.9. The third-order valence-corrected chi connectivity index (χ3v) is 10.0. The molecule has 0 aromatic rings. The van der Waals surface area contributed by atoms with E-state index < -0.39 is 42.7 Å². The minimum Gasteiger partial charge on any atom is -0.390 e. The van der Waals surface area contributed by atoms with Gasteiger partial charge in [-0.05, 0) is 32.2 Å². The Morgan fingerprint density at radius 1 is 0.485 bits per heavy atom. The highest BCUT2D eigenvalue weighted by molar-refractivity contribution is 5.76. The maximum Gasteiger partial charge on any atom is 0.222 e. The lowest BCUT2D eigenvalue weighted by Crippen LogP contribution is -2.46. The van der Waals surface area contributed by atoms with Gasteiger partial charge in [-0.25, -0.2) is 0 Å². The van der Waals surface area contributed by atoms with Crippen LogP contribution in [0.5, 0.6) is 0 Å². The zero-order valence-electron chi connectivity index (χ0n) is 38.9. The highest BCUT2D eigenvalue weighted by atomic mass is 16.6. The molecule has 2 aliphatic heterocycles. The molecule has 0 aliphatic carbocycles. The number of nitrogens with one attached hydrogen (secondary N) is 3. The highest BCUT2D eigenvalue weighted by Crippen LogP contribution is 2.16. The van der Waals surface area contributed by atoms with Crippen LogP contribution in [-0.2, 0) is 71.2 Å². The molecule has 2 rings (SSSR count). The van der Waals surface area contributed by atoms with Crippen molar-refractivity contribution in [1.29, 1.82) is 0 Å². The second-order valence-electron chi connectivity index (χ2n) is 15.5. The van der Waals surface area contributed by atoms with E-state index in [4.69, 9.17) is 62.6 Å². The van der Waals surface area contributed by atoms with Crippen molar-refractivity contribution in [3.8, 4) is 0 Å². The Hall–Kier alpha value is -2.27. The fraction of sp³-hybridized carbons (Fsp3) is 0.930. The summed E-state index contributed by atoms with van der Waals surface area (Å²) in [4.78, 5) is 37.1. The predicted molar refractivity (Wildman–Crippen MR) is 236 cm³/mol. The average Bonchev–Trinajstić information content (AvgIpc) is 3.30. The molecule has 2 saturated heterocycles. The number of hydrogen-bond donors (Lipinski definition) is 8. The summed E-state index contributed by atoms with van der Waals surface area (Å²) in [5.41, 5.74) is 5.55. The van der Waals surface area contributed by atoms with Gasteiger partial charge in [0, 0.05) is 45.6 Å². The van der Waals surface area contributed by atoms with Gasteiger partial charge in [-0.1, -0.05) is 6.42 Å². The molecule has 23 nitrogen and oxygen atoms in total. The van der Waals surface area contributed by atoms with E-state index in [1.807, 2.05) is 0 Å². The molecule has 6 unspecified atom stereocenters. The summed E-state index contributed by atoms with van der Waals surface area (Å²) in [5, 5.41) is 47.6. The van der Waals surface area contributed by atoms with E-state index in [1.54, 1.807) is 0 Å². The standard InChI is InChI=1S/C43H82N4O19/c44-9-3-1-2-4-41(52)47-34(30-61-12-7-39(50)45-10-16-55-18-20-57-22-24-59-26-28-63-32-37-42(53)35(48)5-14-65-37)31-62-13-8-40(51)46-11-17-56-19-21-58-23-25-60-27-29-64-33-38-43(54)36(49)6-15-66-38/h34-38,42-43,48-49,53-54H,1-33,44H2,(H,45,50)(H,46,51)(H,47,52). The van der Waals surface area contributed by atoms with Crippen molar-refractivity contribution >= 4 is 17.7 Å². The van der Waals surface area contributed by atoms with Gasteiger partial charge in [0.25, 0.3) is 0 Å². The van der Waals surface area contributed by atoms with Gasteiger partial charge in [-0.2, -0.15) is 0 Å². The SMILES string of the molecule is NCCCCCC(=O)NC(COCCC(=O)NCCOCCOCCOCCOCC1OCCC(O)C1O)COCCC(=O)NCCOCCOCCOCCOCC1OCCC(O)C1O. The van der Waals surface area contributed by atoms with Crippen LogP contribution in [0.3, 0.4) is 0 Å². The minimum atomic E-state index is -0.948. The monoisotopic (exact) mass is 959 g/mol. The lowest BCUT2D eigenvalue weighted by Gasteiger charge is -2.31. The lowest BCUT2D eigenvalue weighted by molar-refractivity contribution is -0.156. The summed E-state index contributed by atoms with van der Waals surface area (Å²) in [5.74, 6) is -0.547. The fourth-order valence-corrected chi connectivity index (χ4v) is 6.25. The van der Waals surface area contributed by atoms with Crippen molar-refractivity contribution < 1.29 is 91.7 Å².